The van der Waals surface area contributed by atoms with E-state index in [0.29, 0.717) is 25.9 Å². The van der Waals surface area contributed by atoms with Gasteiger partial charge in [-0.15, -0.1) is 0 Å². The van der Waals surface area contributed by atoms with Gasteiger partial charge in [-0.1, -0.05) is 418 Å². The van der Waals surface area contributed by atoms with Crippen LogP contribution >= 0.6 is 0 Å². The molecule has 0 rings (SSSR count). The third-order valence-corrected chi connectivity index (χ3v) is 19.3. The van der Waals surface area contributed by atoms with Gasteiger partial charge in [0.05, 0.1) is 25.4 Å². The molecule has 0 saturated carbocycles. The Balaban J connectivity index is 3.36. The molecule has 87 heavy (non-hydrogen) atoms. The van der Waals surface area contributed by atoms with Crippen LogP contribution in [0.2, 0.25) is 0 Å². The number of aliphatic hydroxyl groups is 2. The summed E-state index contributed by atoms with van der Waals surface area (Å²) in [5, 5.41) is 23.5. The smallest absolute Gasteiger partial charge is 0.305 e. The van der Waals surface area contributed by atoms with E-state index in [9.17, 15) is 19.8 Å². The molecule has 3 N–H and O–H groups in total. The molecule has 0 aromatic heterocycles. The quantitative estimate of drug-likeness (QED) is 0.0320. The van der Waals surface area contributed by atoms with Crippen LogP contribution in [0.3, 0.4) is 0 Å². The normalized spacial score (nSPS) is 12.5. The minimum atomic E-state index is -0.666. The van der Waals surface area contributed by atoms with Crippen molar-refractivity contribution in [2.45, 2.75) is 482 Å². The molecule has 2 atom stereocenters. The van der Waals surface area contributed by atoms with E-state index in [4.69, 9.17) is 4.74 Å². The number of hydrogen-bond donors (Lipinski definition) is 3. The minimum absolute atomic E-state index is 0.0211. The topological polar surface area (TPSA) is 95.9 Å². The van der Waals surface area contributed by atoms with E-state index in [1.807, 2.05) is 0 Å². The Kier molecular flexibility index (Phi) is 75.8. The molecule has 0 heterocycles. The Labute approximate surface area is 546 Å². The number of allylic oxidation sites excluding steroid dienone is 2. The van der Waals surface area contributed by atoms with Crippen LogP contribution in [-0.4, -0.2) is 47.4 Å². The number of carbonyl (C=O) groups is 2. The van der Waals surface area contributed by atoms with E-state index in [1.165, 1.54) is 398 Å². The van der Waals surface area contributed by atoms with Gasteiger partial charge in [-0.3, -0.25) is 9.59 Å². The van der Waals surface area contributed by atoms with Crippen LogP contribution < -0.4 is 5.32 Å². The fourth-order valence-corrected chi connectivity index (χ4v) is 13.2. The average Bonchev–Trinajstić information content (AvgIpc) is 3.54. The lowest BCUT2D eigenvalue weighted by Crippen LogP contribution is -2.45. The summed E-state index contributed by atoms with van der Waals surface area (Å²) in [6.45, 7) is 5.02. The fraction of sp³-hybridized carbons (Fsp3) is 0.951. The molecule has 0 bridgehead atoms. The number of nitrogens with one attached hydrogen (secondary N) is 1. The van der Waals surface area contributed by atoms with Gasteiger partial charge in [0.1, 0.15) is 0 Å². The lowest BCUT2D eigenvalue weighted by molar-refractivity contribution is -0.143. The van der Waals surface area contributed by atoms with E-state index < -0.39 is 12.1 Å². The van der Waals surface area contributed by atoms with Crippen molar-refractivity contribution in [3.8, 4) is 0 Å². The summed E-state index contributed by atoms with van der Waals surface area (Å²) in [5.74, 6) is -0.00838. The van der Waals surface area contributed by atoms with Crippen LogP contribution in [-0.2, 0) is 14.3 Å². The number of carbonyl (C=O) groups excluding carboxylic acids is 2. The molecule has 1 amide bonds. The van der Waals surface area contributed by atoms with Crippen molar-refractivity contribution in [3.05, 3.63) is 12.2 Å². The summed E-state index contributed by atoms with van der Waals surface area (Å²) in [4.78, 5) is 24.7. The van der Waals surface area contributed by atoms with Gasteiger partial charge in [0.15, 0.2) is 0 Å². The SMILES string of the molecule is CCCCCCCCCCCCCCCCCCCCCCCCCCCC(O)C(CO)NC(=O)CCCCCCCCCCCCC/C=C\CCCCCCCCCCCCCCOC(=O)CCCCCCCCCCCCCCCCCCCC. The highest BCUT2D eigenvalue weighted by molar-refractivity contribution is 5.76. The van der Waals surface area contributed by atoms with Crippen LogP contribution in [0.1, 0.15) is 470 Å². The van der Waals surface area contributed by atoms with E-state index in [-0.39, 0.29) is 18.5 Å². The third kappa shape index (κ3) is 73.5. The maximum atomic E-state index is 12.6. The Morgan fingerprint density at radius 1 is 0.310 bits per heavy atom. The standard InChI is InChI=1S/C81H159NO5/c1-3-5-7-9-11-13-15-17-19-21-23-24-25-29-32-35-38-41-45-49-53-57-61-65-69-73-79(84)78(77-83)82-80(85)74-70-66-62-58-54-50-46-42-39-36-33-30-27-26-28-31-34-37-40-44-48-52-56-60-64-68-72-76-87-81(86)75-71-67-63-59-55-51-47-43-22-20-18-16-14-12-10-8-6-4-2/h26-27,78-79,83-84H,3-25,28-77H2,1-2H3,(H,82,85)/b27-26-. The first kappa shape index (κ1) is 85.6. The summed E-state index contributed by atoms with van der Waals surface area (Å²) >= 11 is 0. The van der Waals surface area contributed by atoms with Crippen LogP contribution in [0.5, 0.6) is 0 Å². The average molecular weight is 1230 g/mol. The monoisotopic (exact) mass is 1230 g/mol. The minimum Gasteiger partial charge on any atom is -0.466 e. The van der Waals surface area contributed by atoms with Crippen molar-refractivity contribution in [3.63, 3.8) is 0 Å². The number of hydrogen-bond acceptors (Lipinski definition) is 5. The highest BCUT2D eigenvalue weighted by atomic mass is 16.5. The predicted octanol–water partition coefficient (Wildman–Crippen LogP) is 26.7. The Bertz CT molecular complexity index is 1320. The molecule has 6 heteroatoms. The molecule has 0 saturated heterocycles. The molecule has 2 unspecified atom stereocenters. The van der Waals surface area contributed by atoms with E-state index in [1.54, 1.807) is 0 Å². The highest BCUT2D eigenvalue weighted by Crippen LogP contribution is 2.20. The summed E-state index contributed by atoms with van der Waals surface area (Å²) in [6, 6.07) is -0.543. The van der Waals surface area contributed by atoms with Crippen molar-refractivity contribution in [1.82, 2.24) is 5.32 Å². The first-order valence-corrected chi connectivity index (χ1v) is 40.4. The van der Waals surface area contributed by atoms with Crippen LogP contribution in [0.4, 0.5) is 0 Å². The summed E-state index contributed by atoms with van der Waals surface area (Å²) in [7, 11) is 0. The molecule has 0 aliphatic carbocycles. The molecule has 0 aromatic carbocycles. The molecule has 0 aromatic rings. The first-order chi connectivity index (χ1) is 43.0. The van der Waals surface area contributed by atoms with Crippen molar-refractivity contribution in [1.29, 1.82) is 0 Å². The number of rotatable bonds is 77. The van der Waals surface area contributed by atoms with E-state index >= 15 is 0 Å². The zero-order valence-electron chi connectivity index (χ0n) is 59.5. The van der Waals surface area contributed by atoms with Crippen LogP contribution in [0, 0.1) is 0 Å². The van der Waals surface area contributed by atoms with Gasteiger partial charge in [-0.2, -0.15) is 0 Å². The number of unbranched alkanes of at least 4 members (excludes halogenated alkanes) is 64. The van der Waals surface area contributed by atoms with Gasteiger partial charge in [-0.25, -0.2) is 0 Å². The second kappa shape index (κ2) is 77.1. The molecular weight excluding hydrogens is 1070 g/mol. The first-order valence-electron chi connectivity index (χ1n) is 40.4. The van der Waals surface area contributed by atoms with Crippen molar-refractivity contribution < 1.29 is 24.5 Å². The summed E-state index contributed by atoms with van der Waals surface area (Å²) in [5.41, 5.74) is 0. The fourth-order valence-electron chi connectivity index (χ4n) is 13.2. The lowest BCUT2D eigenvalue weighted by Gasteiger charge is -2.22. The second-order valence-electron chi connectivity index (χ2n) is 28.1. The molecule has 0 spiro atoms. The van der Waals surface area contributed by atoms with Gasteiger partial charge in [0.2, 0.25) is 5.91 Å². The lowest BCUT2D eigenvalue weighted by atomic mass is 10.0. The Morgan fingerprint density at radius 3 is 0.816 bits per heavy atom. The zero-order valence-corrected chi connectivity index (χ0v) is 59.5. The van der Waals surface area contributed by atoms with E-state index in [2.05, 4.69) is 31.3 Å². The highest BCUT2D eigenvalue weighted by Gasteiger charge is 2.20. The van der Waals surface area contributed by atoms with Crippen LogP contribution in [0.25, 0.3) is 0 Å². The maximum absolute atomic E-state index is 12.6. The summed E-state index contributed by atoms with van der Waals surface area (Å²) < 4.78 is 5.52. The van der Waals surface area contributed by atoms with Gasteiger partial charge >= 0.3 is 5.97 Å². The molecule has 0 aliphatic heterocycles. The molecular formula is C81H159NO5. The predicted molar refractivity (Wildman–Crippen MR) is 384 cm³/mol. The van der Waals surface area contributed by atoms with Gasteiger partial charge in [0.25, 0.3) is 0 Å². The zero-order chi connectivity index (χ0) is 62.8. The largest absolute Gasteiger partial charge is 0.466 e. The number of aliphatic hydroxyl groups excluding tert-OH is 2. The molecule has 0 aliphatic rings. The van der Waals surface area contributed by atoms with E-state index in [0.717, 1.165) is 38.5 Å². The molecule has 0 fully saturated rings. The van der Waals surface area contributed by atoms with Gasteiger partial charge in [0, 0.05) is 12.8 Å². The number of amides is 1. The molecule has 518 valence electrons. The molecule has 0 radical (unpaired) electrons. The second-order valence-corrected chi connectivity index (χ2v) is 28.1. The molecule has 6 nitrogen and oxygen atoms in total. The van der Waals surface area contributed by atoms with Crippen LogP contribution in [0.15, 0.2) is 12.2 Å². The Hall–Kier alpha value is -1.40. The third-order valence-electron chi connectivity index (χ3n) is 19.3. The summed E-state index contributed by atoms with van der Waals surface area (Å²) in [6.07, 6.45) is 97.3. The van der Waals surface area contributed by atoms with Gasteiger partial charge < -0.3 is 20.3 Å². The Morgan fingerprint density at radius 2 is 0.540 bits per heavy atom. The van der Waals surface area contributed by atoms with Crippen molar-refractivity contribution in [2.75, 3.05) is 13.2 Å². The maximum Gasteiger partial charge on any atom is 0.305 e. The number of ether oxygens (including phenoxy) is 1. The van der Waals surface area contributed by atoms with Crippen molar-refractivity contribution in [2.24, 2.45) is 0 Å². The number of esters is 1. The van der Waals surface area contributed by atoms with Gasteiger partial charge in [-0.05, 0) is 51.4 Å². The van der Waals surface area contributed by atoms with Crippen molar-refractivity contribution >= 4 is 11.9 Å².